The number of benzene rings is 1. The van der Waals surface area contributed by atoms with Gasteiger partial charge in [0.1, 0.15) is 5.75 Å². The maximum absolute atomic E-state index is 11.7. The SMILES string of the molecule is CC1CC1NC(=O)c1cc(Cl)ccc1O. The Balaban J connectivity index is 2.14. The molecule has 0 radical (unpaired) electrons. The second kappa shape index (κ2) is 3.74. The van der Waals surface area contributed by atoms with E-state index >= 15 is 0 Å². The highest BCUT2D eigenvalue weighted by Crippen LogP contribution is 2.30. The number of nitrogens with one attached hydrogen (secondary N) is 1. The van der Waals surface area contributed by atoms with E-state index in [1.54, 1.807) is 6.07 Å². The summed E-state index contributed by atoms with van der Waals surface area (Å²) in [7, 11) is 0. The Labute approximate surface area is 93.1 Å². The minimum atomic E-state index is -0.260. The van der Waals surface area contributed by atoms with Crippen molar-refractivity contribution in [3.05, 3.63) is 28.8 Å². The van der Waals surface area contributed by atoms with Crippen LogP contribution in [0.5, 0.6) is 5.75 Å². The highest BCUT2D eigenvalue weighted by Gasteiger charge is 2.34. The molecule has 0 heterocycles. The molecule has 2 unspecified atom stereocenters. The first-order chi connectivity index (χ1) is 7.08. The van der Waals surface area contributed by atoms with E-state index in [1.165, 1.54) is 12.1 Å². The van der Waals surface area contributed by atoms with E-state index in [0.717, 1.165) is 6.42 Å². The van der Waals surface area contributed by atoms with Crippen molar-refractivity contribution in [3.8, 4) is 5.75 Å². The van der Waals surface area contributed by atoms with E-state index in [-0.39, 0.29) is 23.3 Å². The topological polar surface area (TPSA) is 49.3 Å². The van der Waals surface area contributed by atoms with Crippen LogP contribution in [-0.4, -0.2) is 17.1 Å². The Morgan fingerprint density at radius 1 is 1.60 bits per heavy atom. The molecule has 1 aliphatic rings. The number of hydrogen-bond donors (Lipinski definition) is 2. The molecule has 15 heavy (non-hydrogen) atoms. The molecule has 1 amide bonds. The van der Waals surface area contributed by atoms with Crippen molar-refractivity contribution in [2.45, 2.75) is 19.4 Å². The fraction of sp³-hybridized carbons (Fsp3) is 0.364. The zero-order chi connectivity index (χ0) is 11.0. The number of aromatic hydroxyl groups is 1. The summed E-state index contributed by atoms with van der Waals surface area (Å²) >= 11 is 5.75. The van der Waals surface area contributed by atoms with Crippen molar-refractivity contribution in [1.82, 2.24) is 5.32 Å². The number of carbonyl (C=O) groups is 1. The van der Waals surface area contributed by atoms with Crippen molar-refractivity contribution >= 4 is 17.5 Å². The van der Waals surface area contributed by atoms with Crippen molar-refractivity contribution in [2.75, 3.05) is 0 Å². The van der Waals surface area contributed by atoms with Gasteiger partial charge in [-0.25, -0.2) is 0 Å². The van der Waals surface area contributed by atoms with Crippen LogP contribution in [0.1, 0.15) is 23.7 Å². The van der Waals surface area contributed by atoms with Gasteiger partial charge < -0.3 is 10.4 Å². The minimum absolute atomic E-state index is 0.0368. The first kappa shape index (κ1) is 10.3. The standard InChI is InChI=1S/C11H12ClNO2/c1-6-4-9(6)13-11(15)8-5-7(12)2-3-10(8)14/h2-3,5-6,9,14H,4H2,1H3,(H,13,15). The molecular formula is C11H12ClNO2. The van der Waals surface area contributed by atoms with Crippen molar-refractivity contribution in [1.29, 1.82) is 0 Å². The van der Waals surface area contributed by atoms with Crippen LogP contribution in [0.15, 0.2) is 18.2 Å². The van der Waals surface area contributed by atoms with Crippen LogP contribution >= 0.6 is 11.6 Å². The lowest BCUT2D eigenvalue weighted by Crippen LogP contribution is -2.26. The smallest absolute Gasteiger partial charge is 0.255 e. The summed E-state index contributed by atoms with van der Waals surface area (Å²) in [6.07, 6.45) is 1.01. The molecule has 2 rings (SSSR count). The largest absolute Gasteiger partial charge is 0.507 e. The van der Waals surface area contributed by atoms with Gasteiger partial charge in [0.2, 0.25) is 0 Å². The first-order valence-electron chi connectivity index (χ1n) is 4.87. The molecule has 1 saturated carbocycles. The van der Waals surface area contributed by atoms with Crippen LogP contribution in [-0.2, 0) is 0 Å². The third-order valence-corrected chi connectivity index (χ3v) is 2.86. The van der Waals surface area contributed by atoms with E-state index in [0.29, 0.717) is 10.9 Å². The molecule has 4 heteroatoms. The molecule has 2 atom stereocenters. The molecule has 3 nitrogen and oxygen atoms in total. The monoisotopic (exact) mass is 225 g/mol. The van der Waals surface area contributed by atoms with Crippen molar-refractivity contribution in [2.24, 2.45) is 5.92 Å². The molecular weight excluding hydrogens is 214 g/mol. The molecule has 1 aliphatic carbocycles. The van der Waals surface area contributed by atoms with Crippen LogP contribution in [0.3, 0.4) is 0 Å². The predicted molar refractivity (Wildman–Crippen MR) is 58.2 cm³/mol. The van der Waals surface area contributed by atoms with Gasteiger partial charge >= 0.3 is 0 Å². The van der Waals surface area contributed by atoms with E-state index in [2.05, 4.69) is 12.2 Å². The fourth-order valence-corrected chi connectivity index (χ4v) is 1.63. The first-order valence-corrected chi connectivity index (χ1v) is 5.25. The Hall–Kier alpha value is -1.22. The molecule has 1 aromatic rings. The second-order valence-electron chi connectivity index (χ2n) is 3.95. The summed E-state index contributed by atoms with van der Waals surface area (Å²) in [5, 5.41) is 12.8. The van der Waals surface area contributed by atoms with E-state index < -0.39 is 0 Å². The average Bonchev–Trinajstić information content (AvgIpc) is 2.86. The second-order valence-corrected chi connectivity index (χ2v) is 4.39. The molecule has 0 aromatic heterocycles. The van der Waals surface area contributed by atoms with Crippen molar-refractivity contribution in [3.63, 3.8) is 0 Å². The maximum atomic E-state index is 11.7. The molecule has 0 aliphatic heterocycles. The van der Waals surface area contributed by atoms with Gasteiger partial charge in [-0.1, -0.05) is 18.5 Å². The Kier molecular flexibility index (Phi) is 2.57. The lowest BCUT2D eigenvalue weighted by molar-refractivity contribution is 0.0946. The summed E-state index contributed by atoms with van der Waals surface area (Å²) in [5.41, 5.74) is 0.238. The van der Waals surface area contributed by atoms with Crippen LogP contribution in [0, 0.1) is 5.92 Å². The lowest BCUT2D eigenvalue weighted by atomic mass is 10.2. The van der Waals surface area contributed by atoms with Gasteiger partial charge in [-0.2, -0.15) is 0 Å². The van der Waals surface area contributed by atoms with Gasteiger partial charge in [-0.15, -0.1) is 0 Å². The van der Waals surface area contributed by atoms with Crippen LogP contribution < -0.4 is 5.32 Å². The summed E-state index contributed by atoms with van der Waals surface area (Å²) in [6.45, 7) is 2.07. The zero-order valence-corrected chi connectivity index (χ0v) is 9.08. The fourth-order valence-electron chi connectivity index (χ4n) is 1.46. The molecule has 2 N–H and O–H groups in total. The third kappa shape index (κ3) is 2.23. The quantitative estimate of drug-likeness (QED) is 0.811. The number of rotatable bonds is 2. The Morgan fingerprint density at radius 3 is 2.87 bits per heavy atom. The van der Waals surface area contributed by atoms with E-state index in [1.807, 2.05) is 0 Å². The number of hydrogen-bond acceptors (Lipinski definition) is 2. The highest BCUT2D eigenvalue weighted by atomic mass is 35.5. The number of phenolic OH excluding ortho intramolecular Hbond substituents is 1. The Morgan fingerprint density at radius 2 is 2.27 bits per heavy atom. The summed E-state index contributed by atoms with van der Waals surface area (Å²) in [6, 6.07) is 4.69. The van der Waals surface area contributed by atoms with Gasteiger partial charge in [0.05, 0.1) is 5.56 Å². The summed E-state index contributed by atoms with van der Waals surface area (Å²) in [5.74, 6) is 0.241. The molecule has 0 saturated heterocycles. The minimum Gasteiger partial charge on any atom is -0.507 e. The predicted octanol–water partition coefficient (Wildman–Crippen LogP) is 2.18. The zero-order valence-electron chi connectivity index (χ0n) is 8.33. The maximum Gasteiger partial charge on any atom is 0.255 e. The molecule has 1 fully saturated rings. The third-order valence-electron chi connectivity index (χ3n) is 2.63. The molecule has 1 aromatic carbocycles. The van der Waals surface area contributed by atoms with Gasteiger partial charge in [0.25, 0.3) is 5.91 Å². The molecule has 80 valence electrons. The molecule has 0 bridgehead atoms. The van der Waals surface area contributed by atoms with Crippen LogP contribution in [0.2, 0.25) is 5.02 Å². The van der Waals surface area contributed by atoms with E-state index in [4.69, 9.17) is 11.6 Å². The van der Waals surface area contributed by atoms with Crippen LogP contribution in [0.4, 0.5) is 0 Å². The highest BCUT2D eigenvalue weighted by molar-refractivity contribution is 6.31. The van der Waals surface area contributed by atoms with Gasteiger partial charge in [0, 0.05) is 11.1 Å². The van der Waals surface area contributed by atoms with E-state index in [9.17, 15) is 9.90 Å². The van der Waals surface area contributed by atoms with Gasteiger partial charge in [-0.3, -0.25) is 4.79 Å². The average molecular weight is 226 g/mol. The summed E-state index contributed by atoms with van der Waals surface area (Å²) in [4.78, 5) is 11.7. The summed E-state index contributed by atoms with van der Waals surface area (Å²) < 4.78 is 0. The number of amides is 1. The number of halogens is 1. The van der Waals surface area contributed by atoms with Crippen LogP contribution in [0.25, 0.3) is 0 Å². The van der Waals surface area contributed by atoms with Gasteiger partial charge in [-0.05, 0) is 30.5 Å². The normalized spacial score (nSPS) is 23.6. The molecule has 0 spiro atoms. The lowest BCUT2D eigenvalue weighted by Gasteiger charge is -2.06. The van der Waals surface area contributed by atoms with Gasteiger partial charge in [0.15, 0.2) is 0 Å². The number of carbonyl (C=O) groups excluding carboxylic acids is 1. The Bertz CT molecular complexity index is 406. The number of phenols is 1. The van der Waals surface area contributed by atoms with Crippen molar-refractivity contribution < 1.29 is 9.90 Å².